The van der Waals surface area contributed by atoms with Crippen molar-refractivity contribution in [3.63, 3.8) is 0 Å². The van der Waals surface area contributed by atoms with E-state index in [1.807, 2.05) is 0 Å². The molecule has 0 spiro atoms. The first-order valence-corrected chi connectivity index (χ1v) is 5.36. The van der Waals surface area contributed by atoms with Crippen molar-refractivity contribution >= 4 is 5.91 Å². The van der Waals surface area contributed by atoms with E-state index in [2.05, 4.69) is 16.7 Å². The zero-order valence-corrected chi connectivity index (χ0v) is 8.33. The molecule has 2 saturated heterocycles. The van der Waals surface area contributed by atoms with Crippen LogP contribution in [-0.4, -0.2) is 41.5 Å². The molecule has 2 aliphatic rings. The molecule has 0 aromatic heterocycles. The second kappa shape index (κ2) is 3.66. The molecule has 1 atom stereocenters. The fourth-order valence-electron chi connectivity index (χ4n) is 2.51. The third kappa shape index (κ3) is 1.57. The van der Waals surface area contributed by atoms with Crippen LogP contribution in [0.4, 0.5) is 0 Å². The Hall–Kier alpha value is -0.570. The molecule has 0 bridgehead atoms. The lowest BCUT2D eigenvalue weighted by Gasteiger charge is -2.31. The molecule has 0 N–H and O–H groups in total. The normalized spacial score (nSPS) is 30.4. The lowest BCUT2D eigenvalue weighted by molar-refractivity contribution is -0.132. The van der Waals surface area contributed by atoms with Crippen LogP contribution < -0.4 is 0 Å². The Labute approximate surface area is 79.7 Å². The van der Waals surface area contributed by atoms with Gasteiger partial charge >= 0.3 is 0 Å². The van der Waals surface area contributed by atoms with Crippen LogP contribution in [0.1, 0.15) is 32.6 Å². The van der Waals surface area contributed by atoms with Crippen LogP contribution in [0.15, 0.2) is 0 Å². The Morgan fingerprint density at radius 2 is 2.23 bits per heavy atom. The average Bonchev–Trinajstić information content (AvgIpc) is 2.71. The molecule has 0 saturated carbocycles. The molecule has 13 heavy (non-hydrogen) atoms. The monoisotopic (exact) mass is 182 g/mol. The molecule has 0 aromatic rings. The highest BCUT2D eigenvalue weighted by atomic mass is 16.2. The number of amides is 1. The molecule has 2 heterocycles. The van der Waals surface area contributed by atoms with Crippen molar-refractivity contribution in [2.24, 2.45) is 0 Å². The molecular weight excluding hydrogens is 164 g/mol. The van der Waals surface area contributed by atoms with Crippen molar-refractivity contribution in [3.8, 4) is 0 Å². The van der Waals surface area contributed by atoms with E-state index in [1.54, 1.807) is 0 Å². The Kier molecular flexibility index (Phi) is 2.54. The van der Waals surface area contributed by atoms with Gasteiger partial charge in [-0.3, -0.25) is 9.69 Å². The maximum atomic E-state index is 11.5. The van der Waals surface area contributed by atoms with Crippen LogP contribution in [0, 0.1) is 0 Å². The fourth-order valence-corrected chi connectivity index (χ4v) is 2.51. The summed E-state index contributed by atoms with van der Waals surface area (Å²) in [7, 11) is 0. The average molecular weight is 182 g/mol. The highest BCUT2D eigenvalue weighted by molar-refractivity contribution is 5.78. The van der Waals surface area contributed by atoms with Crippen LogP contribution in [0.3, 0.4) is 0 Å². The molecule has 3 nitrogen and oxygen atoms in total. The Balaban J connectivity index is 2.02. The first kappa shape index (κ1) is 9.00. The SMILES string of the molecule is CCN1CCCC1N1CCCC1=O. The van der Waals surface area contributed by atoms with Crippen molar-refractivity contribution in [3.05, 3.63) is 0 Å². The maximum Gasteiger partial charge on any atom is 0.223 e. The van der Waals surface area contributed by atoms with E-state index in [0.29, 0.717) is 12.1 Å². The zero-order chi connectivity index (χ0) is 9.26. The van der Waals surface area contributed by atoms with Crippen molar-refractivity contribution in [2.75, 3.05) is 19.6 Å². The Morgan fingerprint density at radius 1 is 1.38 bits per heavy atom. The number of carbonyl (C=O) groups is 1. The van der Waals surface area contributed by atoms with Gasteiger partial charge in [0.15, 0.2) is 0 Å². The lowest BCUT2D eigenvalue weighted by atomic mass is 10.3. The minimum atomic E-state index is 0.366. The van der Waals surface area contributed by atoms with Crippen molar-refractivity contribution in [1.82, 2.24) is 9.80 Å². The van der Waals surface area contributed by atoms with E-state index >= 15 is 0 Å². The first-order chi connectivity index (χ1) is 6.33. The molecule has 1 unspecified atom stereocenters. The third-order valence-electron chi connectivity index (χ3n) is 3.21. The predicted octanol–water partition coefficient (Wildman–Crippen LogP) is 1.05. The molecule has 0 radical (unpaired) electrons. The van der Waals surface area contributed by atoms with Gasteiger partial charge in [-0.15, -0.1) is 0 Å². The van der Waals surface area contributed by atoms with Gasteiger partial charge < -0.3 is 4.90 Å². The van der Waals surface area contributed by atoms with Gasteiger partial charge in [-0.1, -0.05) is 6.92 Å². The summed E-state index contributed by atoms with van der Waals surface area (Å²) in [5.41, 5.74) is 0. The van der Waals surface area contributed by atoms with Crippen LogP contribution >= 0.6 is 0 Å². The number of hydrogen-bond donors (Lipinski definition) is 0. The molecular formula is C10H18N2O. The van der Waals surface area contributed by atoms with Gasteiger partial charge in [-0.05, 0) is 25.8 Å². The standard InChI is InChI=1S/C10H18N2O/c1-2-11-7-3-5-9(11)12-8-4-6-10(12)13/h9H,2-8H2,1H3. The molecule has 3 heteroatoms. The molecule has 2 rings (SSSR count). The van der Waals surface area contributed by atoms with Crippen LogP contribution in [0.25, 0.3) is 0 Å². The third-order valence-corrected chi connectivity index (χ3v) is 3.21. The number of likely N-dealkylation sites (tertiary alicyclic amines) is 2. The number of hydrogen-bond acceptors (Lipinski definition) is 2. The van der Waals surface area contributed by atoms with E-state index in [-0.39, 0.29) is 0 Å². The van der Waals surface area contributed by atoms with E-state index < -0.39 is 0 Å². The number of rotatable bonds is 2. The van der Waals surface area contributed by atoms with Gasteiger partial charge in [0.2, 0.25) is 5.91 Å². The second-order valence-electron chi connectivity index (χ2n) is 3.94. The van der Waals surface area contributed by atoms with Gasteiger partial charge in [0.1, 0.15) is 0 Å². The topological polar surface area (TPSA) is 23.6 Å². The quantitative estimate of drug-likeness (QED) is 0.637. The van der Waals surface area contributed by atoms with Gasteiger partial charge in [0.25, 0.3) is 0 Å². The van der Waals surface area contributed by atoms with Crippen molar-refractivity contribution < 1.29 is 4.79 Å². The molecule has 2 aliphatic heterocycles. The van der Waals surface area contributed by atoms with Crippen LogP contribution in [0.5, 0.6) is 0 Å². The maximum absolute atomic E-state index is 11.5. The predicted molar refractivity (Wildman–Crippen MR) is 51.2 cm³/mol. The molecule has 1 amide bonds. The Morgan fingerprint density at radius 3 is 2.85 bits per heavy atom. The smallest absolute Gasteiger partial charge is 0.223 e. The van der Waals surface area contributed by atoms with E-state index in [4.69, 9.17) is 0 Å². The molecule has 0 aromatic carbocycles. The van der Waals surface area contributed by atoms with Gasteiger partial charge in [-0.25, -0.2) is 0 Å². The van der Waals surface area contributed by atoms with E-state index in [9.17, 15) is 4.79 Å². The Bertz CT molecular complexity index is 205. The molecule has 2 fully saturated rings. The van der Waals surface area contributed by atoms with Crippen LogP contribution in [-0.2, 0) is 4.79 Å². The summed E-state index contributed by atoms with van der Waals surface area (Å²) in [6, 6.07) is 0. The van der Waals surface area contributed by atoms with Crippen molar-refractivity contribution in [1.29, 1.82) is 0 Å². The second-order valence-corrected chi connectivity index (χ2v) is 3.94. The summed E-state index contributed by atoms with van der Waals surface area (Å²) in [6.07, 6.45) is 4.70. The summed E-state index contributed by atoms with van der Waals surface area (Å²) >= 11 is 0. The summed E-state index contributed by atoms with van der Waals surface area (Å²) in [4.78, 5) is 16.0. The van der Waals surface area contributed by atoms with Gasteiger partial charge in [0, 0.05) is 19.5 Å². The van der Waals surface area contributed by atoms with E-state index in [0.717, 1.165) is 25.9 Å². The van der Waals surface area contributed by atoms with Gasteiger partial charge in [0.05, 0.1) is 6.17 Å². The van der Waals surface area contributed by atoms with E-state index in [1.165, 1.54) is 19.4 Å². The summed E-state index contributed by atoms with van der Waals surface area (Å²) < 4.78 is 0. The first-order valence-electron chi connectivity index (χ1n) is 5.36. The highest BCUT2D eigenvalue weighted by Gasteiger charge is 2.33. The zero-order valence-electron chi connectivity index (χ0n) is 8.33. The molecule has 74 valence electrons. The molecule has 0 aliphatic carbocycles. The summed E-state index contributed by atoms with van der Waals surface area (Å²) in [5, 5.41) is 0. The number of carbonyl (C=O) groups excluding carboxylic acids is 1. The minimum Gasteiger partial charge on any atom is -0.327 e. The van der Waals surface area contributed by atoms with Crippen molar-refractivity contribution in [2.45, 2.75) is 38.8 Å². The summed E-state index contributed by atoms with van der Waals surface area (Å²) in [5.74, 6) is 0.366. The van der Waals surface area contributed by atoms with Crippen LogP contribution in [0.2, 0.25) is 0 Å². The largest absolute Gasteiger partial charge is 0.327 e. The fraction of sp³-hybridized carbons (Fsp3) is 0.900. The highest BCUT2D eigenvalue weighted by Crippen LogP contribution is 2.24. The lowest BCUT2D eigenvalue weighted by Crippen LogP contribution is -2.45. The van der Waals surface area contributed by atoms with Gasteiger partial charge in [-0.2, -0.15) is 0 Å². The number of nitrogens with zero attached hydrogens (tertiary/aromatic N) is 2. The minimum absolute atomic E-state index is 0.366. The summed E-state index contributed by atoms with van der Waals surface area (Å²) in [6.45, 7) is 5.41.